The monoisotopic (exact) mass is 741 g/mol. The van der Waals surface area contributed by atoms with Gasteiger partial charge in [0.15, 0.2) is 0 Å². The Balaban J connectivity index is 1.28. The number of ether oxygens (including phenoxy) is 3. The molecule has 282 valence electrons. The Morgan fingerprint density at radius 3 is 2.36 bits per heavy atom. The number of amides is 3. The van der Waals surface area contributed by atoms with Crippen molar-refractivity contribution in [2.75, 3.05) is 31.8 Å². The number of likely N-dealkylation sites (tertiary alicyclic amines) is 1. The Labute approximate surface area is 319 Å². The summed E-state index contributed by atoms with van der Waals surface area (Å²) in [6, 6.07) is 28.8. The van der Waals surface area contributed by atoms with Gasteiger partial charge in [0.25, 0.3) is 5.91 Å². The molecule has 4 aromatic carbocycles. The molecular formula is C44H43N3O8. The highest BCUT2D eigenvalue weighted by Gasteiger charge is 2.74. The lowest BCUT2D eigenvalue weighted by atomic mass is 9.74. The molecule has 5 bridgehead atoms. The predicted octanol–water partition coefficient (Wildman–Crippen LogP) is 4.82. The number of cyclic esters (lactones) is 1. The number of esters is 1. The normalized spacial score (nSPS) is 29.3. The first-order chi connectivity index (χ1) is 26.8. The number of allylic oxidation sites excluding steroid dienone is 1. The van der Waals surface area contributed by atoms with E-state index in [9.17, 15) is 14.7 Å². The van der Waals surface area contributed by atoms with E-state index < -0.39 is 72.2 Å². The van der Waals surface area contributed by atoms with Crippen LogP contribution in [-0.4, -0.2) is 84.4 Å². The van der Waals surface area contributed by atoms with Crippen LogP contribution in [0.25, 0.3) is 10.8 Å². The maximum absolute atomic E-state index is 15.5. The van der Waals surface area contributed by atoms with Gasteiger partial charge in [0, 0.05) is 25.8 Å². The Morgan fingerprint density at radius 1 is 0.891 bits per heavy atom. The summed E-state index contributed by atoms with van der Waals surface area (Å²) in [6.45, 7) is -0.311. The standard InChI is InChI=1S/C44H43N3O8/c1-53-27-33-39(30-16-7-3-8-17-30)54-43(52)37-35-22-23-44(55-35)38(37)41(50)47(34(26-48)29-14-5-2-6-15-29)40(44)42(51)46(24-12-4-9-19-36(49)45-33)32-21-20-28-13-10-11-18-31(28)25-32/h2-8,10-18,20-23,25,33-35,37-40,48H,9,19,24,26-27H2,1H3,(H,45,49)/b12-4-/t33-,34-,35+,37-,38-,39-,40+,44-/m1/s1. The average Bonchev–Trinajstić information content (AvgIpc) is 3.86. The van der Waals surface area contributed by atoms with Gasteiger partial charge in [-0.25, -0.2) is 0 Å². The Kier molecular flexibility index (Phi) is 10.1. The third-order valence-corrected chi connectivity index (χ3v) is 11.2. The van der Waals surface area contributed by atoms with E-state index in [-0.39, 0.29) is 25.5 Å². The third-order valence-electron chi connectivity index (χ3n) is 11.2. The zero-order valence-electron chi connectivity index (χ0n) is 30.4. The van der Waals surface area contributed by atoms with Crippen LogP contribution in [0.5, 0.6) is 0 Å². The first-order valence-corrected chi connectivity index (χ1v) is 18.7. The Hall–Kier alpha value is -5.62. The summed E-state index contributed by atoms with van der Waals surface area (Å²) in [6.07, 6.45) is 5.86. The molecule has 0 radical (unpaired) electrons. The number of benzene rings is 4. The molecule has 0 aromatic heterocycles. The van der Waals surface area contributed by atoms with Gasteiger partial charge in [-0.2, -0.15) is 0 Å². The molecule has 2 saturated heterocycles. The lowest BCUT2D eigenvalue weighted by Crippen LogP contribution is -2.57. The fourth-order valence-electron chi connectivity index (χ4n) is 8.74. The molecule has 8 atom stereocenters. The van der Waals surface area contributed by atoms with E-state index in [1.807, 2.05) is 91.0 Å². The van der Waals surface area contributed by atoms with Crippen molar-refractivity contribution in [2.24, 2.45) is 11.8 Å². The van der Waals surface area contributed by atoms with Crippen molar-refractivity contribution in [1.82, 2.24) is 10.2 Å². The van der Waals surface area contributed by atoms with Crippen molar-refractivity contribution < 1.29 is 38.5 Å². The van der Waals surface area contributed by atoms with Crippen molar-refractivity contribution >= 4 is 40.2 Å². The molecule has 55 heavy (non-hydrogen) atoms. The predicted molar refractivity (Wildman–Crippen MR) is 204 cm³/mol. The van der Waals surface area contributed by atoms with E-state index >= 15 is 9.59 Å². The number of carbonyl (C=O) groups is 4. The van der Waals surface area contributed by atoms with E-state index in [0.717, 1.165) is 10.8 Å². The van der Waals surface area contributed by atoms with Gasteiger partial charge >= 0.3 is 5.97 Å². The van der Waals surface area contributed by atoms with Crippen LogP contribution < -0.4 is 10.2 Å². The van der Waals surface area contributed by atoms with Gasteiger partial charge < -0.3 is 34.4 Å². The molecule has 3 amide bonds. The molecule has 0 aliphatic carbocycles. The summed E-state index contributed by atoms with van der Waals surface area (Å²) >= 11 is 0. The van der Waals surface area contributed by atoms with Crippen molar-refractivity contribution in [3.63, 3.8) is 0 Å². The molecule has 0 saturated carbocycles. The van der Waals surface area contributed by atoms with Gasteiger partial charge in [-0.3, -0.25) is 19.2 Å². The lowest BCUT2D eigenvalue weighted by molar-refractivity contribution is -0.162. The van der Waals surface area contributed by atoms with Crippen LogP contribution in [0.15, 0.2) is 127 Å². The highest BCUT2D eigenvalue weighted by atomic mass is 16.6. The van der Waals surface area contributed by atoms with Crippen LogP contribution in [0, 0.1) is 11.8 Å². The van der Waals surface area contributed by atoms with E-state index in [0.29, 0.717) is 23.2 Å². The second-order valence-electron chi connectivity index (χ2n) is 14.4. The molecule has 8 rings (SSSR count). The first kappa shape index (κ1) is 36.4. The number of aliphatic hydroxyl groups excluding tert-OH is 1. The average molecular weight is 742 g/mol. The van der Waals surface area contributed by atoms with Gasteiger partial charge in [-0.05, 0) is 40.5 Å². The Bertz CT molecular complexity index is 2140. The van der Waals surface area contributed by atoms with E-state index in [4.69, 9.17) is 14.2 Å². The molecule has 11 heteroatoms. The topological polar surface area (TPSA) is 135 Å². The molecule has 2 fully saturated rings. The zero-order valence-corrected chi connectivity index (χ0v) is 30.4. The number of aliphatic hydroxyl groups is 1. The fraction of sp³-hybridized carbons (Fsp3) is 0.318. The minimum atomic E-state index is -1.54. The van der Waals surface area contributed by atoms with Gasteiger partial charge in [0.1, 0.15) is 23.7 Å². The van der Waals surface area contributed by atoms with Crippen molar-refractivity contribution in [3.05, 3.63) is 139 Å². The SMILES string of the molecule is COC[C@H]1NC(=O)CC/C=C\CN(c2ccc3ccccc3c2)C(=O)[C@@H]2N([C@H](CO)c3ccccc3)C(=O)[C@H]3[C@H](C(=O)O[C@@H]1c1ccccc1)[C@@H]1C=C[C@]23O1. The molecule has 4 heterocycles. The maximum Gasteiger partial charge on any atom is 0.313 e. The largest absolute Gasteiger partial charge is 0.455 e. The summed E-state index contributed by atoms with van der Waals surface area (Å²) in [5.41, 5.74) is 0.317. The number of anilines is 1. The van der Waals surface area contributed by atoms with Crippen LogP contribution in [0.2, 0.25) is 0 Å². The number of hydrogen-bond donors (Lipinski definition) is 2. The molecule has 4 aliphatic rings. The van der Waals surface area contributed by atoms with Gasteiger partial charge in [-0.15, -0.1) is 0 Å². The number of carbonyl (C=O) groups excluding carboxylic acids is 4. The number of rotatable bonds is 7. The summed E-state index contributed by atoms with van der Waals surface area (Å²) in [7, 11) is 1.51. The minimum Gasteiger partial charge on any atom is -0.455 e. The molecule has 1 spiro atoms. The van der Waals surface area contributed by atoms with Crippen LogP contribution in [0.1, 0.15) is 36.1 Å². The minimum absolute atomic E-state index is 0.0472. The molecule has 0 unspecified atom stereocenters. The van der Waals surface area contributed by atoms with Gasteiger partial charge in [0.2, 0.25) is 11.8 Å². The van der Waals surface area contributed by atoms with E-state index in [1.54, 1.807) is 41.3 Å². The van der Waals surface area contributed by atoms with Gasteiger partial charge in [-0.1, -0.05) is 115 Å². The molecule has 4 aliphatic heterocycles. The molecule has 11 nitrogen and oxygen atoms in total. The van der Waals surface area contributed by atoms with Crippen LogP contribution in [-0.2, 0) is 33.4 Å². The second-order valence-corrected chi connectivity index (χ2v) is 14.4. The summed E-state index contributed by atoms with van der Waals surface area (Å²) < 4.78 is 18.6. The van der Waals surface area contributed by atoms with E-state index in [1.165, 1.54) is 12.0 Å². The second kappa shape index (κ2) is 15.3. The summed E-state index contributed by atoms with van der Waals surface area (Å²) in [5, 5.41) is 15.9. The molecular weight excluding hydrogens is 698 g/mol. The van der Waals surface area contributed by atoms with E-state index in [2.05, 4.69) is 5.32 Å². The van der Waals surface area contributed by atoms with Crippen molar-refractivity contribution in [1.29, 1.82) is 0 Å². The highest BCUT2D eigenvalue weighted by Crippen LogP contribution is 2.57. The molecule has 4 aromatic rings. The highest BCUT2D eigenvalue weighted by molar-refractivity contribution is 6.06. The van der Waals surface area contributed by atoms with Crippen LogP contribution >= 0.6 is 0 Å². The zero-order chi connectivity index (χ0) is 38.1. The molecule has 2 N–H and O–H groups in total. The number of nitrogens with one attached hydrogen (secondary N) is 1. The Morgan fingerprint density at radius 2 is 1.62 bits per heavy atom. The smallest absolute Gasteiger partial charge is 0.313 e. The lowest BCUT2D eigenvalue weighted by Gasteiger charge is -2.39. The third kappa shape index (κ3) is 6.52. The van der Waals surface area contributed by atoms with Crippen LogP contribution in [0.4, 0.5) is 5.69 Å². The van der Waals surface area contributed by atoms with Gasteiger partial charge in [0.05, 0.1) is 37.3 Å². The number of fused-ring (bicyclic) bond motifs is 3. The number of nitrogens with zero attached hydrogens (tertiary/aromatic N) is 2. The van der Waals surface area contributed by atoms with Crippen LogP contribution in [0.3, 0.4) is 0 Å². The number of methoxy groups -OCH3 is 1. The summed E-state index contributed by atoms with van der Waals surface area (Å²) in [4.78, 5) is 61.6. The van der Waals surface area contributed by atoms with Crippen molar-refractivity contribution in [2.45, 2.75) is 48.8 Å². The fourth-order valence-corrected chi connectivity index (χ4v) is 8.74. The maximum atomic E-state index is 15.5. The quantitative estimate of drug-likeness (QED) is 0.204. The first-order valence-electron chi connectivity index (χ1n) is 18.7. The van der Waals surface area contributed by atoms with Crippen molar-refractivity contribution in [3.8, 4) is 0 Å². The number of hydrogen-bond acceptors (Lipinski definition) is 8. The summed E-state index contributed by atoms with van der Waals surface area (Å²) in [5.74, 6) is -4.16.